The topological polar surface area (TPSA) is 24.7 Å². The Hall–Kier alpha value is -3.28. The molecule has 0 bridgehead atoms. The van der Waals surface area contributed by atoms with Crippen LogP contribution >= 0.6 is 0 Å². The molecule has 0 saturated heterocycles. The molecule has 0 aromatic carbocycles. The summed E-state index contributed by atoms with van der Waals surface area (Å²) in [5.41, 5.74) is 9.72. The Morgan fingerprint density at radius 1 is 1.07 bits per heavy atom. The molecule has 1 aliphatic carbocycles. The van der Waals surface area contributed by atoms with Crippen molar-refractivity contribution in [2.24, 2.45) is 15.9 Å². The van der Waals surface area contributed by atoms with Gasteiger partial charge in [0.25, 0.3) is 0 Å². The van der Waals surface area contributed by atoms with Gasteiger partial charge in [0, 0.05) is 12.4 Å². The van der Waals surface area contributed by atoms with Gasteiger partial charge < -0.3 is 0 Å². The summed E-state index contributed by atoms with van der Waals surface area (Å²) in [5, 5.41) is 0. The molecule has 0 amide bonds. The van der Waals surface area contributed by atoms with E-state index in [9.17, 15) is 0 Å². The lowest BCUT2D eigenvalue weighted by Crippen LogP contribution is -2.09. The number of hydrogen-bond acceptors (Lipinski definition) is 2. The van der Waals surface area contributed by atoms with Crippen molar-refractivity contribution in [3.63, 3.8) is 0 Å². The van der Waals surface area contributed by atoms with Gasteiger partial charge in [-0.05, 0) is 50.5 Å². The molecule has 0 heterocycles. The van der Waals surface area contributed by atoms with Gasteiger partial charge in [-0.25, -0.2) is 0 Å². The van der Waals surface area contributed by atoms with Gasteiger partial charge in [-0.3, -0.25) is 9.98 Å². The lowest BCUT2D eigenvalue weighted by atomic mass is 9.96. The lowest BCUT2D eigenvalue weighted by molar-refractivity contribution is 0.899. The van der Waals surface area contributed by atoms with Crippen LogP contribution in [0.25, 0.3) is 0 Å². The number of terminal acetylenes is 2. The summed E-state index contributed by atoms with van der Waals surface area (Å²) in [5.74, 6) is 4.97. The number of nitrogens with zero attached hydrogens (tertiary/aromatic N) is 2. The van der Waals surface area contributed by atoms with Crippen LogP contribution in [0.2, 0.25) is 0 Å². The zero-order valence-electron chi connectivity index (χ0n) is 16.2. The normalized spacial score (nSPS) is 16.4. The second kappa shape index (κ2) is 13.9. The van der Waals surface area contributed by atoms with Crippen molar-refractivity contribution in [3.8, 4) is 24.7 Å². The van der Waals surface area contributed by atoms with Gasteiger partial charge in [-0.15, -0.1) is 12.8 Å². The minimum absolute atomic E-state index is 0.0364. The van der Waals surface area contributed by atoms with Crippen LogP contribution in [0, 0.1) is 30.6 Å². The Morgan fingerprint density at radius 3 is 2.07 bits per heavy atom. The number of rotatable bonds is 9. The maximum Gasteiger partial charge on any atom is 0.0596 e. The first-order chi connectivity index (χ1) is 13.2. The molecular formula is C25H26N2. The molecule has 0 N–H and O–H groups in total. The van der Waals surface area contributed by atoms with Gasteiger partial charge in [0.1, 0.15) is 0 Å². The largest absolute Gasteiger partial charge is 0.292 e. The second-order valence-corrected chi connectivity index (χ2v) is 6.12. The van der Waals surface area contributed by atoms with Gasteiger partial charge in [0.2, 0.25) is 0 Å². The monoisotopic (exact) mass is 354 g/mol. The van der Waals surface area contributed by atoms with E-state index in [1.54, 1.807) is 12.2 Å². The summed E-state index contributed by atoms with van der Waals surface area (Å²) in [6.07, 6.45) is 29.2. The van der Waals surface area contributed by atoms with Gasteiger partial charge in [-0.2, -0.15) is 0 Å². The lowest BCUT2D eigenvalue weighted by Gasteiger charge is -2.10. The summed E-state index contributed by atoms with van der Waals surface area (Å²) in [6.45, 7) is 5.31. The molecule has 27 heavy (non-hydrogen) atoms. The minimum Gasteiger partial charge on any atom is -0.292 e. The zero-order valence-corrected chi connectivity index (χ0v) is 16.2. The third kappa shape index (κ3) is 10.3. The molecular weight excluding hydrogens is 328 g/mol. The van der Waals surface area contributed by atoms with Crippen molar-refractivity contribution in [1.29, 1.82) is 0 Å². The summed E-state index contributed by atoms with van der Waals surface area (Å²) in [4.78, 5) is 9.13. The molecule has 0 unspecified atom stereocenters. The van der Waals surface area contributed by atoms with E-state index in [0.29, 0.717) is 13.1 Å². The second-order valence-electron chi connectivity index (χ2n) is 6.12. The van der Waals surface area contributed by atoms with Crippen LogP contribution in [0.4, 0.5) is 0 Å². The summed E-state index contributed by atoms with van der Waals surface area (Å²) in [6, 6.07) is 0. The third-order valence-corrected chi connectivity index (χ3v) is 3.65. The number of aliphatic imine (C=N–C) groups is 2. The van der Waals surface area contributed by atoms with Crippen LogP contribution in [0.5, 0.6) is 0 Å². The molecule has 0 spiro atoms. The van der Waals surface area contributed by atoms with E-state index < -0.39 is 0 Å². The van der Waals surface area contributed by atoms with Crippen LogP contribution in [0.1, 0.15) is 26.7 Å². The van der Waals surface area contributed by atoms with Crippen molar-refractivity contribution in [2.75, 3.05) is 13.1 Å². The fraction of sp³-hybridized carbons (Fsp3) is 0.280. The molecule has 0 fully saturated rings. The first-order valence-electron chi connectivity index (χ1n) is 8.93. The van der Waals surface area contributed by atoms with Gasteiger partial charge in [0.15, 0.2) is 0 Å². The van der Waals surface area contributed by atoms with Crippen LogP contribution in [-0.4, -0.2) is 25.5 Å². The quantitative estimate of drug-likeness (QED) is 0.240. The fourth-order valence-electron chi connectivity index (χ4n) is 2.24. The maximum absolute atomic E-state index is 5.19. The fourth-order valence-corrected chi connectivity index (χ4v) is 2.24. The summed E-state index contributed by atoms with van der Waals surface area (Å²) < 4.78 is 0. The average Bonchev–Trinajstić information content (AvgIpc) is 2.68. The van der Waals surface area contributed by atoms with Crippen molar-refractivity contribution in [1.82, 2.24) is 0 Å². The van der Waals surface area contributed by atoms with E-state index in [1.807, 2.05) is 56.7 Å². The van der Waals surface area contributed by atoms with Gasteiger partial charge in [-0.1, -0.05) is 58.8 Å². The molecule has 1 rings (SSSR count). The van der Waals surface area contributed by atoms with E-state index in [2.05, 4.69) is 33.3 Å². The highest BCUT2D eigenvalue weighted by Gasteiger charge is 2.10. The molecule has 0 radical (unpaired) electrons. The molecule has 1 aliphatic rings. The predicted octanol–water partition coefficient (Wildman–Crippen LogP) is 5.05. The Morgan fingerprint density at radius 2 is 1.63 bits per heavy atom. The molecule has 136 valence electrons. The molecule has 0 atom stereocenters. The van der Waals surface area contributed by atoms with Crippen molar-refractivity contribution < 1.29 is 0 Å². The maximum atomic E-state index is 5.19. The van der Waals surface area contributed by atoms with E-state index >= 15 is 0 Å². The minimum atomic E-state index is 0.0364. The number of allylic oxidation sites excluding steroid dienone is 8. The van der Waals surface area contributed by atoms with E-state index in [-0.39, 0.29) is 5.92 Å². The van der Waals surface area contributed by atoms with E-state index in [1.165, 1.54) is 0 Å². The molecule has 0 saturated carbocycles. The Bertz CT molecular complexity index is 793. The van der Waals surface area contributed by atoms with Crippen molar-refractivity contribution in [3.05, 3.63) is 70.7 Å². The average molecular weight is 354 g/mol. The van der Waals surface area contributed by atoms with Crippen LogP contribution in [0.15, 0.2) is 80.7 Å². The Balaban J connectivity index is 2.80. The molecule has 0 aliphatic heterocycles. The highest BCUT2D eigenvalue weighted by molar-refractivity contribution is 5.87. The Kier molecular flexibility index (Phi) is 11.2. The highest BCUT2D eigenvalue weighted by atomic mass is 14.7. The molecule has 2 heteroatoms. The van der Waals surface area contributed by atoms with Gasteiger partial charge in [0.05, 0.1) is 19.0 Å². The van der Waals surface area contributed by atoms with Crippen LogP contribution in [-0.2, 0) is 0 Å². The zero-order chi connectivity index (χ0) is 19.7. The van der Waals surface area contributed by atoms with Crippen molar-refractivity contribution in [2.45, 2.75) is 26.7 Å². The third-order valence-electron chi connectivity index (χ3n) is 3.65. The van der Waals surface area contributed by atoms with Crippen LogP contribution in [0.3, 0.4) is 0 Å². The molecule has 0 aromatic heterocycles. The highest BCUT2D eigenvalue weighted by Crippen LogP contribution is 2.16. The smallest absolute Gasteiger partial charge is 0.0596 e. The van der Waals surface area contributed by atoms with E-state index in [4.69, 9.17) is 12.8 Å². The molecule has 0 aromatic rings. The predicted molar refractivity (Wildman–Crippen MR) is 118 cm³/mol. The van der Waals surface area contributed by atoms with E-state index in [0.717, 1.165) is 29.6 Å². The summed E-state index contributed by atoms with van der Waals surface area (Å²) >= 11 is 0. The first-order valence-corrected chi connectivity index (χ1v) is 8.93. The SMILES string of the molecule is C#C/C=C\C=C(\C)CN=CC(C=NC/C(C)=C\C=C/C#C)C1=C=C=CCC1. The van der Waals surface area contributed by atoms with Gasteiger partial charge >= 0.3 is 0 Å². The standard InChI is InChI=1S/C25H26N2/c1-5-7-10-14-22(3)18-26-20-25(24-16-12-9-13-17-24)21-27-19-23(4)15-11-8-6-2/h1-2,7-11,14-15,20-21,25H,12,16,18-19H2,3-4H3/b10-7-,11-8-,22-14-,23-15-,26-20?,27-21?. The van der Waals surface area contributed by atoms with Crippen LogP contribution < -0.4 is 0 Å². The summed E-state index contributed by atoms with van der Waals surface area (Å²) in [7, 11) is 0. The van der Waals surface area contributed by atoms with Crippen molar-refractivity contribution >= 4 is 12.4 Å². The molecule has 2 nitrogen and oxygen atoms in total. The first kappa shape index (κ1) is 21.8. The Labute approximate surface area is 163 Å². The number of hydrogen-bond donors (Lipinski definition) is 0.